The van der Waals surface area contributed by atoms with E-state index in [1.807, 2.05) is 50.2 Å². The molecule has 1 N–H and O–H groups in total. The van der Waals surface area contributed by atoms with Crippen LogP contribution < -0.4 is 0 Å². The van der Waals surface area contributed by atoms with E-state index in [4.69, 9.17) is 9.47 Å². The van der Waals surface area contributed by atoms with Crippen molar-refractivity contribution in [2.75, 3.05) is 0 Å². The fraction of sp³-hybridized carbons (Fsp3) is 0.160. The van der Waals surface area contributed by atoms with Crippen LogP contribution in [0.15, 0.2) is 48.8 Å². The van der Waals surface area contributed by atoms with Gasteiger partial charge in [0, 0.05) is 46.7 Å². The second-order valence-corrected chi connectivity index (χ2v) is 7.87. The van der Waals surface area contributed by atoms with Crippen molar-refractivity contribution in [2.45, 2.75) is 27.5 Å². The molecule has 2 aromatic heterocycles. The molecule has 4 aromatic rings. The Balaban J connectivity index is 1.82. The molecule has 5 rings (SSSR count). The van der Waals surface area contributed by atoms with E-state index < -0.39 is 17.9 Å². The summed E-state index contributed by atoms with van der Waals surface area (Å²) in [6.45, 7) is 5.22. The van der Waals surface area contributed by atoms with E-state index >= 15 is 0 Å². The Hall–Kier alpha value is -4.13. The lowest BCUT2D eigenvalue weighted by molar-refractivity contribution is -0.149. The molecule has 3 heterocycles. The number of carbonyl (C=O) groups excluding carboxylic acids is 3. The van der Waals surface area contributed by atoms with Crippen molar-refractivity contribution in [2.24, 2.45) is 0 Å². The maximum Gasteiger partial charge on any atom is 0.347 e. The number of carbonyl (C=O) groups is 3. The predicted octanol–water partition coefficient (Wildman–Crippen LogP) is 4.25. The molecule has 0 atom stereocenters. The van der Waals surface area contributed by atoms with Crippen LogP contribution in [0.4, 0.5) is 0 Å². The van der Waals surface area contributed by atoms with Gasteiger partial charge in [-0.2, -0.15) is 0 Å². The highest BCUT2D eigenvalue weighted by molar-refractivity contribution is 6.47. The van der Waals surface area contributed by atoms with Gasteiger partial charge in [0.05, 0.1) is 16.7 Å². The average molecular weight is 428 g/mol. The van der Waals surface area contributed by atoms with E-state index in [2.05, 4.69) is 4.98 Å². The van der Waals surface area contributed by atoms with Crippen LogP contribution in [0.5, 0.6) is 0 Å². The lowest BCUT2D eigenvalue weighted by Gasteiger charge is -2.05. The van der Waals surface area contributed by atoms with Crippen molar-refractivity contribution in [3.63, 3.8) is 0 Å². The fourth-order valence-corrected chi connectivity index (χ4v) is 4.43. The molecule has 0 fully saturated rings. The lowest BCUT2D eigenvalue weighted by atomic mass is 9.93. The molecular formula is C25H20N2O5. The number of rotatable bonds is 4. The number of nitrogens with one attached hydrogen (secondary N) is 1. The van der Waals surface area contributed by atoms with E-state index in [1.165, 1.54) is 6.92 Å². The molecule has 7 heteroatoms. The summed E-state index contributed by atoms with van der Waals surface area (Å²) in [5, 5.41) is 1.67. The maximum absolute atomic E-state index is 12.9. The topological polar surface area (TPSA) is 90.4 Å². The Morgan fingerprint density at radius 2 is 1.62 bits per heavy atom. The summed E-state index contributed by atoms with van der Waals surface area (Å²) in [6.07, 6.45) is 3.47. The quantitative estimate of drug-likeness (QED) is 0.388. The van der Waals surface area contributed by atoms with Crippen molar-refractivity contribution in [3.8, 4) is 0 Å². The molecule has 0 amide bonds. The molecule has 160 valence electrons. The third-order valence-electron chi connectivity index (χ3n) is 5.82. The largest absolute Gasteiger partial charge is 0.444 e. The van der Waals surface area contributed by atoms with Gasteiger partial charge in [-0.1, -0.05) is 24.3 Å². The Morgan fingerprint density at radius 3 is 2.34 bits per heavy atom. The van der Waals surface area contributed by atoms with E-state index in [0.717, 1.165) is 32.9 Å². The van der Waals surface area contributed by atoms with Gasteiger partial charge >= 0.3 is 17.9 Å². The number of fused-ring (bicyclic) bond motifs is 2. The number of nitrogens with zero attached hydrogens (tertiary/aromatic N) is 1. The summed E-state index contributed by atoms with van der Waals surface area (Å²) in [4.78, 5) is 40.4. The first-order valence-electron chi connectivity index (χ1n) is 10.2. The molecule has 1 aliphatic rings. The van der Waals surface area contributed by atoms with Crippen molar-refractivity contribution < 1.29 is 23.9 Å². The fourth-order valence-electron chi connectivity index (χ4n) is 4.43. The monoisotopic (exact) mass is 428 g/mol. The minimum Gasteiger partial charge on any atom is -0.444 e. The van der Waals surface area contributed by atoms with Gasteiger partial charge < -0.3 is 19.0 Å². The summed E-state index contributed by atoms with van der Waals surface area (Å²) in [6, 6.07) is 11.5. The summed E-state index contributed by atoms with van der Waals surface area (Å²) in [5.41, 5.74) is 5.19. The highest BCUT2D eigenvalue weighted by atomic mass is 16.6. The number of aryl methyl sites for hydroxylation is 2. The first kappa shape index (κ1) is 19.8. The summed E-state index contributed by atoms with van der Waals surface area (Å²) < 4.78 is 12.0. The molecule has 7 nitrogen and oxygen atoms in total. The number of aromatic nitrogens is 2. The second-order valence-electron chi connectivity index (χ2n) is 7.87. The first-order valence-corrected chi connectivity index (χ1v) is 10.2. The van der Waals surface area contributed by atoms with Gasteiger partial charge in [-0.3, -0.25) is 4.79 Å². The molecule has 2 aromatic carbocycles. The zero-order valence-electron chi connectivity index (χ0n) is 17.8. The Morgan fingerprint density at radius 1 is 0.969 bits per heavy atom. The molecule has 0 spiro atoms. The number of hydrogen-bond acceptors (Lipinski definition) is 5. The van der Waals surface area contributed by atoms with Crippen LogP contribution in [-0.2, 0) is 30.6 Å². The SMILES string of the molecule is CC(=O)OCn1cc(C2=C(c3c[nH]c4cccc(C)c34)C(=O)OC2=O)c2c(C)cccc21. The van der Waals surface area contributed by atoms with E-state index in [9.17, 15) is 14.4 Å². The van der Waals surface area contributed by atoms with Crippen molar-refractivity contribution >= 4 is 50.9 Å². The van der Waals surface area contributed by atoms with Gasteiger partial charge in [0.15, 0.2) is 6.73 Å². The molecule has 0 bridgehead atoms. The molecule has 0 saturated heterocycles. The molecule has 1 aliphatic heterocycles. The third-order valence-corrected chi connectivity index (χ3v) is 5.82. The van der Waals surface area contributed by atoms with Gasteiger partial charge in [-0.25, -0.2) is 9.59 Å². The van der Waals surface area contributed by atoms with Crippen LogP contribution in [0.3, 0.4) is 0 Å². The summed E-state index contributed by atoms with van der Waals surface area (Å²) in [7, 11) is 0. The number of ether oxygens (including phenoxy) is 2. The Labute approximate surface area is 183 Å². The van der Waals surface area contributed by atoms with Gasteiger partial charge in [0.25, 0.3) is 0 Å². The minimum atomic E-state index is -0.692. The van der Waals surface area contributed by atoms with Crippen LogP contribution in [0.25, 0.3) is 33.0 Å². The standard InChI is InChI=1S/C25H20N2O5/c1-13-6-4-8-18-20(13)16(10-26-18)22-23(25(30)32-24(22)29)17-11-27(12-31-15(3)28)19-9-5-7-14(2)21(17)19/h4-11,26H,12H2,1-3H3. The van der Waals surface area contributed by atoms with E-state index in [-0.39, 0.29) is 17.9 Å². The average Bonchev–Trinajstić information content (AvgIpc) is 3.40. The minimum absolute atomic E-state index is 0.00686. The number of H-pyrrole nitrogens is 1. The smallest absolute Gasteiger partial charge is 0.347 e. The number of benzene rings is 2. The molecule has 0 radical (unpaired) electrons. The maximum atomic E-state index is 12.9. The number of hydrogen-bond donors (Lipinski definition) is 1. The Kier molecular flexibility index (Phi) is 4.48. The molecule has 32 heavy (non-hydrogen) atoms. The molecular weight excluding hydrogens is 408 g/mol. The summed E-state index contributed by atoms with van der Waals surface area (Å²) >= 11 is 0. The number of aromatic amines is 1. The molecule has 0 unspecified atom stereocenters. The first-order chi connectivity index (χ1) is 15.4. The van der Waals surface area contributed by atoms with Crippen molar-refractivity contribution in [1.82, 2.24) is 9.55 Å². The van der Waals surface area contributed by atoms with E-state index in [0.29, 0.717) is 11.1 Å². The van der Waals surface area contributed by atoms with Crippen LogP contribution in [-0.4, -0.2) is 27.5 Å². The van der Waals surface area contributed by atoms with Gasteiger partial charge in [-0.15, -0.1) is 0 Å². The normalized spacial score (nSPS) is 14.0. The molecule has 0 saturated carbocycles. The zero-order chi connectivity index (χ0) is 22.6. The number of cyclic esters (lactones) is 2. The predicted molar refractivity (Wildman–Crippen MR) is 119 cm³/mol. The van der Waals surface area contributed by atoms with Crippen LogP contribution in [0, 0.1) is 13.8 Å². The van der Waals surface area contributed by atoms with Gasteiger partial charge in [0.1, 0.15) is 0 Å². The molecule has 0 aliphatic carbocycles. The number of esters is 3. The Bertz CT molecular complexity index is 1490. The van der Waals surface area contributed by atoms with Crippen LogP contribution >= 0.6 is 0 Å². The van der Waals surface area contributed by atoms with Gasteiger partial charge in [-0.05, 0) is 37.1 Å². The van der Waals surface area contributed by atoms with Crippen molar-refractivity contribution in [3.05, 3.63) is 71.0 Å². The second kappa shape index (κ2) is 7.23. The zero-order valence-corrected chi connectivity index (χ0v) is 17.8. The third kappa shape index (κ3) is 2.93. The van der Waals surface area contributed by atoms with Crippen molar-refractivity contribution in [1.29, 1.82) is 0 Å². The highest BCUT2D eigenvalue weighted by Crippen LogP contribution is 2.41. The van der Waals surface area contributed by atoms with Crippen LogP contribution in [0.2, 0.25) is 0 Å². The van der Waals surface area contributed by atoms with Crippen LogP contribution in [0.1, 0.15) is 29.2 Å². The van der Waals surface area contributed by atoms with Gasteiger partial charge in [0.2, 0.25) is 0 Å². The highest BCUT2D eigenvalue weighted by Gasteiger charge is 2.38. The summed E-state index contributed by atoms with van der Waals surface area (Å²) in [5.74, 6) is -1.78. The van der Waals surface area contributed by atoms with E-state index in [1.54, 1.807) is 17.0 Å². The lowest BCUT2D eigenvalue weighted by Crippen LogP contribution is -2.05.